The van der Waals surface area contributed by atoms with E-state index < -0.39 is 0 Å². The SMILES string of the molecule is CO/N=C(\C)CC1CC(O)=C(c2c(C)cc(-c3ccc(Cl)cc3)cc2OC)C1=O. The Kier molecular flexibility index (Phi) is 6.28. The summed E-state index contributed by atoms with van der Waals surface area (Å²) in [5, 5.41) is 15.1. The number of ketones is 1. The first kappa shape index (κ1) is 20.9. The van der Waals surface area contributed by atoms with E-state index in [1.54, 1.807) is 14.0 Å². The van der Waals surface area contributed by atoms with E-state index in [1.165, 1.54) is 7.11 Å². The molecule has 0 bridgehead atoms. The molecule has 1 aliphatic rings. The summed E-state index contributed by atoms with van der Waals surface area (Å²) < 4.78 is 5.61. The van der Waals surface area contributed by atoms with Crippen molar-refractivity contribution in [1.29, 1.82) is 0 Å². The van der Waals surface area contributed by atoms with Crippen LogP contribution in [-0.2, 0) is 9.63 Å². The normalized spacial score (nSPS) is 17.1. The van der Waals surface area contributed by atoms with Gasteiger partial charge in [-0.15, -0.1) is 0 Å². The molecule has 0 spiro atoms. The van der Waals surface area contributed by atoms with Crippen molar-refractivity contribution in [2.75, 3.05) is 14.2 Å². The van der Waals surface area contributed by atoms with E-state index in [1.807, 2.05) is 43.3 Å². The topological polar surface area (TPSA) is 68.1 Å². The molecule has 2 aromatic rings. The average Bonchev–Trinajstić information content (AvgIpc) is 2.95. The molecule has 6 heteroatoms. The van der Waals surface area contributed by atoms with Crippen LogP contribution in [0.4, 0.5) is 0 Å². The lowest BCUT2D eigenvalue weighted by Gasteiger charge is -2.16. The van der Waals surface area contributed by atoms with Crippen LogP contribution in [0.25, 0.3) is 16.7 Å². The Balaban J connectivity index is 2.00. The molecule has 0 amide bonds. The molecule has 5 nitrogen and oxygen atoms in total. The number of hydrogen-bond donors (Lipinski definition) is 1. The molecule has 1 aliphatic carbocycles. The maximum Gasteiger partial charge on any atom is 0.170 e. The number of carbonyl (C=O) groups is 1. The number of carbonyl (C=O) groups excluding carboxylic acids is 1. The van der Waals surface area contributed by atoms with Crippen molar-refractivity contribution in [2.45, 2.75) is 26.7 Å². The molecule has 0 aliphatic heterocycles. The maximum absolute atomic E-state index is 13.1. The highest BCUT2D eigenvalue weighted by atomic mass is 35.5. The molecule has 0 saturated carbocycles. The van der Waals surface area contributed by atoms with Gasteiger partial charge in [0.2, 0.25) is 0 Å². The molecule has 0 heterocycles. The summed E-state index contributed by atoms with van der Waals surface area (Å²) in [7, 11) is 3.03. The van der Waals surface area contributed by atoms with Crippen molar-refractivity contribution in [3.8, 4) is 16.9 Å². The minimum absolute atomic E-state index is 0.0888. The zero-order valence-corrected chi connectivity index (χ0v) is 17.7. The highest BCUT2D eigenvalue weighted by Crippen LogP contribution is 2.42. The van der Waals surface area contributed by atoms with Crippen LogP contribution in [0, 0.1) is 12.8 Å². The molecular formula is C23H24ClNO4. The number of halogens is 1. The Morgan fingerprint density at radius 3 is 2.52 bits per heavy atom. The molecule has 152 valence electrons. The summed E-state index contributed by atoms with van der Waals surface area (Å²) in [5.74, 6) is 0.177. The number of benzene rings is 2. The second kappa shape index (κ2) is 8.70. The second-order valence-electron chi connectivity index (χ2n) is 7.18. The summed E-state index contributed by atoms with van der Waals surface area (Å²) in [6.45, 7) is 3.72. The van der Waals surface area contributed by atoms with E-state index in [4.69, 9.17) is 21.2 Å². The number of ether oxygens (including phenoxy) is 1. The summed E-state index contributed by atoms with van der Waals surface area (Å²) in [6, 6.07) is 11.4. The van der Waals surface area contributed by atoms with E-state index >= 15 is 0 Å². The third-order valence-electron chi connectivity index (χ3n) is 5.08. The number of hydrogen-bond acceptors (Lipinski definition) is 5. The Bertz CT molecular complexity index is 993. The van der Waals surface area contributed by atoms with Gasteiger partial charge >= 0.3 is 0 Å². The molecular weight excluding hydrogens is 390 g/mol. The fourth-order valence-electron chi connectivity index (χ4n) is 3.80. The third kappa shape index (κ3) is 4.30. The zero-order valence-electron chi connectivity index (χ0n) is 17.0. The highest BCUT2D eigenvalue weighted by Gasteiger charge is 2.36. The van der Waals surface area contributed by atoms with Gasteiger partial charge in [0.25, 0.3) is 0 Å². The van der Waals surface area contributed by atoms with Crippen LogP contribution in [0.2, 0.25) is 5.02 Å². The molecule has 0 aromatic heterocycles. The minimum Gasteiger partial charge on any atom is -0.512 e. The van der Waals surface area contributed by atoms with Crippen LogP contribution in [0.15, 0.2) is 47.3 Å². The summed E-state index contributed by atoms with van der Waals surface area (Å²) in [5.41, 5.74) is 4.47. The molecule has 2 aromatic carbocycles. The quantitative estimate of drug-likeness (QED) is 0.494. The first-order chi connectivity index (χ1) is 13.8. The maximum atomic E-state index is 13.1. The van der Waals surface area contributed by atoms with E-state index in [2.05, 4.69) is 5.16 Å². The fraction of sp³-hybridized carbons (Fsp3) is 0.304. The van der Waals surface area contributed by atoms with E-state index in [9.17, 15) is 9.90 Å². The fourth-order valence-corrected chi connectivity index (χ4v) is 3.93. The van der Waals surface area contributed by atoms with Gasteiger partial charge in [-0.1, -0.05) is 35.0 Å². The van der Waals surface area contributed by atoms with Crippen LogP contribution >= 0.6 is 11.6 Å². The van der Waals surface area contributed by atoms with Crippen molar-refractivity contribution in [1.82, 2.24) is 0 Å². The van der Waals surface area contributed by atoms with Crippen LogP contribution < -0.4 is 4.74 Å². The lowest BCUT2D eigenvalue weighted by molar-refractivity contribution is -0.116. The molecule has 29 heavy (non-hydrogen) atoms. The Morgan fingerprint density at radius 1 is 1.21 bits per heavy atom. The lowest BCUT2D eigenvalue weighted by Crippen LogP contribution is -2.14. The van der Waals surface area contributed by atoms with Gasteiger partial charge in [0.15, 0.2) is 5.78 Å². The predicted octanol–water partition coefficient (Wildman–Crippen LogP) is 5.59. The van der Waals surface area contributed by atoms with Crippen molar-refractivity contribution in [3.05, 3.63) is 58.3 Å². The third-order valence-corrected chi connectivity index (χ3v) is 5.33. The first-order valence-corrected chi connectivity index (χ1v) is 9.71. The van der Waals surface area contributed by atoms with E-state index in [0.29, 0.717) is 34.0 Å². The molecule has 1 N–H and O–H groups in total. The number of nitrogens with zero attached hydrogens (tertiary/aromatic N) is 1. The van der Waals surface area contributed by atoms with Crippen molar-refractivity contribution >= 4 is 28.7 Å². The Hall–Kier alpha value is -2.79. The zero-order chi connectivity index (χ0) is 21.1. The summed E-state index contributed by atoms with van der Waals surface area (Å²) >= 11 is 5.99. The number of aryl methyl sites for hydroxylation is 1. The number of oxime groups is 1. The van der Waals surface area contributed by atoms with Gasteiger partial charge in [-0.2, -0.15) is 0 Å². The number of aliphatic hydroxyl groups excluding tert-OH is 1. The number of Topliss-reactive ketones (excluding diaryl/α,β-unsaturated/α-hetero) is 1. The molecule has 0 fully saturated rings. The van der Waals surface area contributed by atoms with Gasteiger partial charge in [-0.05, 0) is 55.2 Å². The Morgan fingerprint density at radius 2 is 1.90 bits per heavy atom. The van der Waals surface area contributed by atoms with Crippen LogP contribution in [0.5, 0.6) is 5.75 Å². The molecule has 1 atom stereocenters. The van der Waals surface area contributed by atoms with Gasteiger partial charge < -0.3 is 14.7 Å². The van der Waals surface area contributed by atoms with Gasteiger partial charge in [-0.3, -0.25) is 4.79 Å². The molecule has 0 radical (unpaired) electrons. The number of aliphatic hydroxyl groups is 1. The average molecular weight is 414 g/mol. The molecule has 0 saturated heterocycles. The summed E-state index contributed by atoms with van der Waals surface area (Å²) in [4.78, 5) is 17.9. The van der Waals surface area contributed by atoms with Crippen LogP contribution in [0.1, 0.15) is 30.9 Å². The Labute approximate surface area is 175 Å². The minimum atomic E-state index is -0.357. The first-order valence-electron chi connectivity index (χ1n) is 9.33. The van der Waals surface area contributed by atoms with Crippen LogP contribution in [-0.4, -0.2) is 30.8 Å². The van der Waals surface area contributed by atoms with Gasteiger partial charge in [0, 0.05) is 22.9 Å². The van der Waals surface area contributed by atoms with Crippen molar-refractivity contribution < 1.29 is 19.5 Å². The number of rotatable bonds is 6. The second-order valence-corrected chi connectivity index (χ2v) is 7.61. The monoisotopic (exact) mass is 413 g/mol. The lowest BCUT2D eigenvalue weighted by atomic mass is 9.90. The van der Waals surface area contributed by atoms with Crippen molar-refractivity contribution in [3.63, 3.8) is 0 Å². The summed E-state index contributed by atoms with van der Waals surface area (Å²) in [6.07, 6.45) is 0.719. The highest BCUT2D eigenvalue weighted by molar-refractivity contribution is 6.30. The smallest absolute Gasteiger partial charge is 0.170 e. The molecule has 3 rings (SSSR count). The van der Waals surface area contributed by atoms with Crippen molar-refractivity contribution in [2.24, 2.45) is 11.1 Å². The largest absolute Gasteiger partial charge is 0.512 e. The molecule has 1 unspecified atom stereocenters. The van der Waals surface area contributed by atoms with E-state index in [-0.39, 0.29) is 23.9 Å². The standard InChI is InChI=1S/C23H24ClNO4/c1-13-9-16(15-5-7-18(24)8-6-15)12-20(28-3)21(13)22-19(26)11-17(23(22)27)10-14(2)25-29-4/h5-9,12,17,26H,10-11H2,1-4H3/b25-14+. The van der Waals surface area contributed by atoms with E-state index in [0.717, 1.165) is 16.7 Å². The van der Waals surface area contributed by atoms with Gasteiger partial charge in [0.1, 0.15) is 18.6 Å². The van der Waals surface area contributed by atoms with Gasteiger partial charge in [-0.25, -0.2) is 0 Å². The number of allylic oxidation sites excluding steroid dienone is 2. The predicted molar refractivity (Wildman–Crippen MR) is 116 cm³/mol. The van der Waals surface area contributed by atoms with Gasteiger partial charge in [0.05, 0.1) is 18.4 Å². The van der Waals surface area contributed by atoms with Crippen LogP contribution in [0.3, 0.4) is 0 Å². The number of methoxy groups -OCH3 is 1.